The van der Waals surface area contributed by atoms with Crippen LogP contribution in [0.3, 0.4) is 0 Å². The maximum absolute atomic E-state index is 13.3. The van der Waals surface area contributed by atoms with E-state index in [1.54, 1.807) is 6.07 Å². The number of halogens is 2. The summed E-state index contributed by atoms with van der Waals surface area (Å²) >= 11 is 5.66. The Bertz CT molecular complexity index is 425. The Balaban J connectivity index is 1.62. The molecule has 0 amide bonds. The van der Waals surface area contributed by atoms with E-state index in [4.69, 9.17) is 11.6 Å². The van der Waals surface area contributed by atoms with Crippen molar-refractivity contribution in [1.82, 2.24) is 10.2 Å². The van der Waals surface area contributed by atoms with Gasteiger partial charge in [-0.2, -0.15) is 0 Å². The molecule has 1 fully saturated rings. The van der Waals surface area contributed by atoms with Crippen molar-refractivity contribution in [2.45, 2.75) is 45.2 Å². The molecule has 1 heterocycles. The summed E-state index contributed by atoms with van der Waals surface area (Å²) in [6.07, 6.45) is 5.18. The lowest BCUT2D eigenvalue weighted by molar-refractivity contribution is 0.159. The van der Waals surface area contributed by atoms with Crippen LogP contribution >= 0.6 is 11.6 Å². The number of piperidine rings is 1. The molecule has 2 nitrogen and oxygen atoms in total. The van der Waals surface area contributed by atoms with Gasteiger partial charge in [0.15, 0.2) is 0 Å². The second kappa shape index (κ2) is 7.96. The first-order chi connectivity index (χ1) is 9.66. The maximum atomic E-state index is 13.3. The molecule has 4 heteroatoms. The highest BCUT2D eigenvalue weighted by atomic mass is 35.5. The summed E-state index contributed by atoms with van der Waals surface area (Å²) in [4.78, 5) is 2.58. The van der Waals surface area contributed by atoms with Gasteiger partial charge >= 0.3 is 0 Å². The van der Waals surface area contributed by atoms with Gasteiger partial charge in [0, 0.05) is 12.6 Å². The molecule has 0 spiro atoms. The minimum absolute atomic E-state index is 0.188. The van der Waals surface area contributed by atoms with Gasteiger partial charge in [-0.3, -0.25) is 0 Å². The number of benzene rings is 1. The molecule has 1 N–H and O–H groups in total. The first-order valence-electron chi connectivity index (χ1n) is 7.55. The Morgan fingerprint density at radius 3 is 3.00 bits per heavy atom. The summed E-state index contributed by atoms with van der Waals surface area (Å²) < 4.78 is 13.3. The van der Waals surface area contributed by atoms with Crippen LogP contribution in [0.1, 0.15) is 38.2 Å². The Kier molecular flexibility index (Phi) is 6.27. The fourth-order valence-electron chi connectivity index (χ4n) is 2.78. The van der Waals surface area contributed by atoms with Gasteiger partial charge in [0.05, 0.1) is 5.02 Å². The zero-order valence-electron chi connectivity index (χ0n) is 12.2. The lowest BCUT2D eigenvalue weighted by Crippen LogP contribution is -2.38. The fourth-order valence-corrected chi connectivity index (χ4v) is 2.90. The Morgan fingerprint density at radius 1 is 1.40 bits per heavy atom. The molecule has 0 saturated carbocycles. The van der Waals surface area contributed by atoms with Crippen LogP contribution in [-0.4, -0.2) is 30.6 Å². The molecule has 1 unspecified atom stereocenters. The van der Waals surface area contributed by atoms with Gasteiger partial charge < -0.3 is 10.2 Å². The molecule has 1 atom stereocenters. The van der Waals surface area contributed by atoms with Gasteiger partial charge in [0.1, 0.15) is 5.82 Å². The van der Waals surface area contributed by atoms with Crippen LogP contribution in [0.5, 0.6) is 0 Å². The average molecular weight is 299 g/mol. The maximum Gasteiger partial charge on any atom is 0.142 e. The number of nitrogens with one attached hydrogen (secondary N) is 1. The molecule has 20 heavy (non-hydrogen) atoms. The number of hydrogen-bond donors (Lipinski definition) is 1. The van der Waals surface area contributed by atoms with E-state index >= 15 is 0 Å². The van der Waals surface area contributed by atoms with Gasteiger partial charge in [-0.1, -0.05) is 24.1 Å². The van der Waals surface area contributed by atoms with Crippen molar-refractivity contribution in [3.05, 3.63) is 34.6 Å². The lowest BCUT2D eigenvalue weighted by Gasteiger charge is -2.33. The second-order valence-corrected chi connectivity index (χ2v) is 6.07. The van der Waals surface area contributed by atoms with Gasteiger partial charge in [-0.15, -0.1) is 0 Å². The van der Waals surface area contributed by atoms with Gasteiger partial charge in [-0.05, 0) is 63.5 Å². The lowest BCUT2D eigenvalue weighted by atomic mass is 10.0. The zero-order chi connectivity index (χ0) is 14.4. The van der Waals surface area contributed by atoms with Crippen molar-refractivity contribution < 1.29 is 4.39 Å². The Labute approximate surface area is 126 Å². The Morgan fingerprint density at radius 2 is 2.25 bits per heavy atom. The first-order valence-corrected chi connectivity index (χ1v) is 7.93. The predicted octanol–water partition coefficient (Wildman–Crippen LogP) is 3.83. The second-order valence-electron chi connectivity index (χ2n) is 5.66. The summed E-state index contributed by atoms with van der Waals surface area (Å²) in [5, 5.41) is 3.55. The smallest absolute Gasteiger partial charge is 0.142 e. The van der Waals surface area contributed by atoms with Crippen molar-refractivity contribution in [3.63, 3.8) is 0 Å². The summed E-state index contributed by atoms with van der Waals surface area (Å²) in [5.74, 6) is -0.340. The fraction of sp³-hybridized carbons (Fsp3) is 0.625. The van der Waals surface area contributed by atoms with Crippen LogP contribution in [0.15, 0.2) is 18.2 Å². The first kappa shape index (κ1) is 15.7. The van der Waals surface area contributed by atoms with Crippen LogP contribution in [0, 0.1) is 5.82 Å². The van der Waals surface area contributed by atoms with Crippen molar-refractivity contribution >= 4 is 11.6 Å². The number of rotatable bonds is 6. The highest BCUT2D eigenvalue weighted by molar-refractivity contribution is 6.30. The quantitative estimate of drug-likeness (QED) is 0.803. The molecule has 0 bridgehead atoms. The highest BCUT2D eigenvalue weighted by Gasteiger charge is 2.16. The van der Waals surface area contributed by atoms with E-state index in [0.29, 0.717) is 6.54 Å². The van der Waals surface area contributed by atoms with E-state index in [1.807, 2.05) is 6.07 Å². The molecule has 0 radical (unpaired) electrons. The summed E-state index contributed by atoms with van der Waals surface area (Å²) in [7, 11) is 0. The normalized spacial score (nSPS) is 20.2. The molecule has 1 aromatic rings. The van der Waals surface area contributed by atoms with E-state index in [9.17, 15) is 4.39 Å². The van der Waals surface area contributed by atoms with E-state index in [2.05, 4.69) is 17.1 Å². The summed E-state index contributed by atoms with van der Waals surface area (Å²) in [5.41, 5.74) is 0.943. The Hall–Kier alpha value is -0.640. The molecule has 1 aromatic carbocycles. The van der Waals surface area contributed by atoms with Crippen molar-refractivity contribution in [1.29, 1.82) is 0 Å². The average Bonchev–Trinajstić information content (AvgIpc) is 2.44. The zero-order valence-corrected chi connectivity index (χ0v) is 12.9. The molecule has 1 aliphatic rings. The van der Waals surface area contributed by atoms with Gasteiger partial charge in [-0.25, -0.2) is 4.39 Å². The van der Waals surface area contributed by atoms with Crippen LogP contribution < -0.4 is 5.32 Å². The number of likely N-dealkylation sites (tertiary alicyclic amines) is 1. The molecule has 112 valence electrons. The monoisotopic (exact) mass is 298 g/mol. The third-order valence-electron chi connectivity index (χ3n) is 4.05. The van der Waals surface area contributed by atoms with E-state index < -0.39 is 0 Å². The standard InChI is InChI=1S/C16H24ClFN2/c1-13-5-2-3-9-20(13)10-4-8-19-12-14-6-7-15(17)16(18)11-14/h6-7,11,13,19H,2-5,8-10,12H2,1H3. The molecule has 0 aliphatic carbocycles. The minimum Gasteiger partial charge on any atom is -0.313 e. The van der Waals surface area contributed by atoms with Crippen molar-refractivity contribution in [2.24, 2.45) is 0 Å². The number of nitrogens with zero attached hydrogens (tertiary/aromatic N) is 1. The topological polar surface area (TPSA) is 15.3 Å². The third-order valence-corrected chi connectivity index (χ3v) is 4.36. The molecule has 1 saturated heterocycles. The van der Waals surface area contributed by atoms with Crippen LogP contribution in [-0.2, 0) is 6.54 Å². The van der Waals surface area contributed by atoms with Crippen LogP contribution in [0.25, 0.3) is 0 Å². The largest absolute Gasteiger partial charge is 0.313 e. The SMILES string of the molecule is CC1CCCCN1CCCNCc1ccc(Cl)c(F)c1. The third kappa shape index (κ3) is 4.72. The van der Waals surface area contributed by atoms with E-state index in [1.165, 1.54) is 31.9 Å². The van der Waals surface area contributed by atoms with Crippen LogP contribution in [0.4, 0.5) is 4.39 Å². The minimum atomic E-state index is -0.340. The number of hydrogen-bond acceptors (Lipinski definition) is 2. The predicted molar refractivity (Wildman–Crippen MR) is 82.6 cm³/mol. The summed E-state index contributed by atoms with van der Waals surface area (Å²) in [6.45, 7) is 6.38. The van der Waals surface area contributed by atoms with Gasteiger partial charge in [0.25, 0.3) is 0 Å². The molecular weight excluding hydrogens is 275 g/mol. The highest BCUT2D eigenvalue weighted by Crippen LogP contribution is 2.16. The van der Waals surface area contributed by atoms with Gasteiger partial charge in [0.2, 0.25) is 0 Å². The summed E-state index contributed by atoms with van der Waals surface area (Å²) in [6, 6.07) is 5.71. The molecule has 1 aliphatic heterocycles. The molecule has 0 aromatic heterocycles. The van der Waals surface area contributed by atoms with E-state index in [0.717, 1.165) is 31.1 Å². The van der Waals surface area contributed by atoms with E-state index in [-0.39, 0.29) is 10.8 Å². The molecular formula is C16H24ClFN2. The van der Waals surface area contributed by atoms with Crippen LogP contribution in [0.2, 0.25) is 5.02 Å². The van der Waals surface area contributed by atoms with Crippen molar-refractivity contribution in [3.8, 4) is 0 Å². The van der Waals surface area contributed by atoms with Crippen molar-refractivity contribution in [2.75, 3.05) is 19.6 Å². The molecule has 2 rings (SSSR count).